The number of morpholine rings is 1. The van der Waals surface area contributed by atoms with Gasteiger partial charge in [0, 0.05) is 23.8 Å². The van der Waals surface area contributed by atoms with Crippen molar-refractivity contribution in [1.29, 1.82) is 0 Å². The molecule has 0 aromatic carbocycles. The van der Waals surface area contributed by atoms with Crippen molar-refractivity contribution < 1.29 is 9.53 Å². The summed E-state index contributed by atoms with van der Waals surface area (Å²) >= 11 is 4.54. The van der Waals surface area contributed by atoms with Crippen molar-refractivity contribution >= 4 is 33.4 Å². The zero-order valence-corrected chi connectivity index (χ0v) is 10.3. The predicted octanol–water partition coefficient (Wildman–Crippen LogP) is 0.774. The van der Waals surface area contributed by atoms with Crippen LogP contribution in [0.2, 0.25) is 0 Å². The fourth-order valence-corrected chi connectivity index (χ4v) is 2.24. The van der Waals surface area contributed by atoms with Crippen LogP contribution in [0.25, 0.3) is 0 Å². The molecule has 1 fully saturated rings. The van der Waals surface area contributed by atoms with Crippen LogP contribution in [0.1, 0.15) is 10.5 Å². The molecule has 1 unspecified atom stereocenters. The maximum absolute atomic E-state index is 11.9. The molecule has 2 heterocycles. The molecule has 1 aliphatic heterocycles. The molecule has 0 radical (unpaired) electrons. The maximum Gasteiger partial charge on any atom is 0.275 e. The number of rotatable bonds is 2. The summed E-state index contributed by atoms with van der Waals surface area (Å²) in [6.45, 7) is 1.82. The van der Waals surface area contributed by atoms with E-state index in [4.69, 9.17) is 4.74 Å². The first kappa shape index (κ1) is 11.0. The molecule has 1 atom stereocenters. The number of carbonyl (C=O) groups excluding carboxylic acids is 1. The fourth-order valence-electron chi connectivity index (χ4n) is 1.42. The first-order chi connectivity index (χ1) is 7.31. The number of halogens is 1. The van der Waals surface area contributed by atoms with Crippen LogP contribution in [0.5, 0.6) is 0 Å². The van der Waals surface area contributed by atoms with Crippen LogP contribution in [0.15, 0.2) is 5.38 Å². The summed E-state index contributed by atoms with van der Waals surface area (Å²) in [7, 11) is 0. The zero-order valence-electron chi connectivity index (χ0n) is 7.93. The lowest BCUT2D eigenvalue weighted by atomic mass is 10.3. The van der Waals surface area contributed by atoms with Crippen molar-refractivity contribution in [3.8, 4) is 0 Å². The van der Waals surface area contributed by atoms with Crippen LogP contribution in [0.3, 0.4) is 0 Å². The lowest BCUT2D eigenvalue weighted by Gasteiger charge is -2.31. The fraction of sp³-hybridized carbons (Fsp3) is 0.625. The summed E-state index contributed by atoms with van der Waals surface area (Å²) in [6.07, 6.45) is 0.0781. The molecule has 1 aromatic heterocycles. The van der Waals surface area contributed by atoms with E-state index in [9.17, 15) is 4.79 Å². The summed E-state index contributed by atoms with van der Waals surface area (Å²) in [6, 6.07) is 0. The highest BCUT2D eigenvalue weighted by Crippen LogP contribution is 2.11. The molecular formula is C8H10BrN3O2S. The highest BCUT2D eigenvalue weighted by Gasteiger charge is 2.25. The number of aromatic nitrogens is 2. The molecule has 82 valence electrons. The van der Waals surface area contributed by atoms with Crippen LogP contribution in [-0.2, 0) is 4.74 Å². The molecule has 1 saturated heterocycles. The van der Waals surface area contributed by atoms with Crippen molar-refractivity contribution in [2.24, 2.45) is 0 Å². The standard InChI is InChI=1S/C8H10BrN3O2S/c9-3-6-4-12(1-2-14-6)8(13)7-5-15-11-10-7/h5-6H,1-4H2. The first-order valence-corrected chi connectivity index (χ1v) is 6.51. The predicted molar refractivity (Wildman–Crippen MR) is 59.3 cm³/mol. The highest BCUT2D eigenvalue weighted by molar-refractivity contribution is 9.09. The summed E-state index contributed by atoms with van der Waals surface area (Å²) in [5.74, 6) is -0.0574. The summed E-state index contributed by atoms with van der Waals surface area (Å²) in [5, 5.41) is 6.18. The van der Waals surface area contributed by atoms with Gasteiger partial charge in [-0.15, -0.1) is 5.10 Å². The van der Waals surface area contributed by atoms with Crippen LogP contribution < -0.4 is 0 Å². The van der Waals surface area contributed by atoms with Crippen molar-refractivity contribution in [2.45, 2.75) is 6.10 Å². The zero-order chi connectivity index (χ0) is 10.7. The van der Waals surface area contributed by atoms with Gasteiger partial charge < -0.3 is 9.64 Å². The minimum atomic E-state index is -0.0574. The van der Waals surface area contributed by atoms with Gasteiger partial charge in [0.1, 0.15) is 0 Å². The summed E-state index contributed by atoms with van der Waals surface area (Å²) in [4.78, 5) is 13.6. The van der Waals surface area contributed by atoms with E-state index < -0.39 is 0 Å². The normalized spacial score (nSPS) is 21.7. The molecule has 2 rings (SSSR count). The minimum Gasteiger partial charge on any atom is -0.374 e. The number of nitrogens with zero attached hydrogens (tertiary/aromatic N) is 3. The molecule has 1 amide bonds. The monoisotopic (exact) mass is 291 g/mol. The molecule has 0 aliphatic carbocycles. The van der Waals surface area contributed by atoms with Crippen molar-refractivity contribution in [3.63, 3.8) is 0 Å². The third kappa shape index (κ3) is 2.53. The number of alkyl halides is 1. The average molecular weight is 292 g/mol. The van der Waals surface area contributed by atoms with Crippen molar-refractivity contribution in [3.05, 3.63) is 11.1 Å². The number of ether oxygens (including phenoxy) is 1. The quantitative estimate of drug-likeness (QED) is 0.756. The van der Waals surface area contributed by atoms with Gasteiger partial charge in [0.2, 0.25) is 0 Å². The van der Waals surface area contributed by atoms with Gasteiger partial charge in [-0.25, -0.2) is 0 Å². The third-order valence-corrected chi connectivity index (χ3v) is 3.40. The third-order valence-electron chi connectivity index (χ3n) is 2.18. The molecule has 0 spiro atoms. The smallest absolute Gasteiger partial charge is 0.275 e. The van der Waals surface area contributed by atoms with Gasteiger partial charge in [0.15, 0.2) is 5.69 Å². The van der Waals surface area contributed by atoms with E-state index in [1.54, 1.807) is 10.3 Å². The molecule has 7 heteroatoms. The van der Waals surface area contributed by atoms with E-state index >= 15 is 0 Å². The Hall–Kier alpha value is -0.530. The minimum absolute atomic E-state index is 0.0574. The maximum atomic E-state index is 11.9. The molecule has 15 heavy (non-hydrogen) atoms. The van der Waals surface area contributed by atoms with E-state index in [2.05, 4.69) is 25.5 Å². The topological polar surface area (TPSA) is 55.3 Å². The number of hydrogen-bond acceptors (Lipinski definition) is 5. The number of carbonyl (C=O) groups is 1. The van der Waals surface area contributed by atoms with Gasteiger partial charge in [-0.3, -0.25) is 4.79 Å². The van der Waals surface area contributed by atoms with E-state index in [0.717, 1.165) is 5.33 Å². The Morgan fingerprint density at radius 2 is 2.67 bits per heavy atom. The average Bonchev–Trinajstić information content (AvgIpc) is 2.81. The largest absolute Gasteiger partial charge is 0.374 e. The van der Waals surface area contributed by atoms with Crippen LogP contribution >= 0.6 is 27.5 Å². The van der Waals surface area contributed by atoms with Crippen molar-refractivity contribution in [1.82, 2.24) is 14.5 Å². The van der Waals surface area contributed by atoms with Gasteiger partial charge in [-0.2, -0.15) is 0 Å². The Morgan fingerprint density at radius 3 is 3.33 bits per heavy atom. The van der Waals surface area contributed by atoms with Crippen molar-refractivity contribution in [2.75, 3.05) is 25.0 Å². The summed E-state index contributed by atoms with van der Waals surface area (Å²) in [5.41, 5.74) is 0.426. The molecule has 1 aliphatic rings. The lowest BCUT2D eigenvalue weighted by Crippen LogP contribution is -2.46. The van der Waals surface area contributed by atoms with E-state index in [1.807, 2.05) is 0 Å². The number of amides is 1. The molecular weight excluding hydrogens is 282 g/mol. The Kier molecular flexibility index (Phi) is 3.66. The van der Waals surface area contributed by atoms with E-state index in [0.29, 0.717) is 25.4 Å². The van der Waals surface area contributed by atoms with Gasteiger partial charge >= 0.3 is 0 Å². The molecule has 1 aromatic rings. The Morgan fingerprint density at radius 1 is 1.80 bits per heavy atom. The highest BCUT2D eigenvalue weighted by atomic mass is 79.9. The van der Waals surface area contributed by atoms with Gasteiger partial charge in [0.05, 0.1) is 12.7 Å². The Balaban J connectivity index is 2.01. The Bertz CT molecular complexity index is 333. The van der Waals surface area contributed by atoms with Gasteiger partial charge in [0.25, 0.3) is 5.91 Å². The second-order valence-electron chi connectivity index (χ2n) is 3.19. The molecule has 0 N–H and O–H groups in total. The van der Waals surface area contributed by atoms with Gasteiger partial charge in [-0.05, 0) is 11.5 Å². The molecule has 0 bridgehead atoms. The SMILES string of the molecule is O=C(c1csnn1)N1CCOC(CBr)C1. The first-order valence-electron chi connectivity index (χ1n) is 4.55. The summed E-state index contributed by atoms with van der Waals surface area (Å²) < 4.78 is 9.13. The Labute approximate surface area is 99.7 Å². The van der Waals surface area contributed by atoms with Gasteiger partial charge in [-0.1, -0.05) is 20.4 Å². The van der Waals surface area contributed by atoms with Crippen LogP contribution in [0, 0.1) is 0 Å². The lowest BCUT2D eigenvalue weighted by molar-refractivity contribution is -0.00987. The van der Waals surface area contributed by atoms with Crippen LogP contribution in [0.4, 0.5) is 0 Å². The number of hydrogen-bond donors (Lipinski definition) is 0. The second-order valence-corrected chi connectivity index (χ2v) is 4.45. The van der Waals surface area contributed by atoms with E-state index in [1.165, 1.54) is 11.5 Å². The van der Waals surface area contributed by atoms with E-state index in [-0.39, 0.29) is 12.0 Å². The second kappa shape index (κ2) is 5.00. The van der Waals surface area contributed by atoms with Crippen LogP contribution in [-0.4, -0.2) is 51.5 Å². The molecule has 5 nitrogen and oxygen atoms in total. The molecule has 0 saturated carbocycles.